The molecule has 2 rings (SSSR count). The second kappa shape index (κ2) is 6.08. The van der Waals surface area contributed by atoms with Gasteiger partial charge in [0.25, 0.3) is 0 Å². The highest BCUT2D eigenvalue weighted by atomic mass is 19.4. The SMILES string of the molecule is NOC1CCC(c2cc(C(F)(F)F)cc(C(F)(F)F)c2)CC1. The third-order valence-corrected chi connectivity index (χ3v) is 3.95. The zero-order chi connectivity index (χ0) is 16.5. The Morgan fingerprint density at radius 1 is 0.818 bits per heavy atom. The van der Waals surface area contributed by atoms with E-state index in [1.165, 1.54) is 0 Å². The second-order valence-corrected chi connectivity index (χ2v) is 5.45. The van der Waals surface area contributed by atoms with E-state index < -0.39 is 23.5 Å². The van der Waals surface area contributed by atoms with Crippen molar-refractivity contribution in [2.24, 2.45) is 5.90 Å². The molecule has 22 heavy (non-hydrogen) atoms. The van der Waals surface area contributed by atoms with Crippen LogP contribution in [-0.4, -0.2) is 6.10 Å². The third-order valence-electron chi connectivity index (χ3n) is 3.95. The van der Waals surface area contributed by atoms with Gasteiger partial charge in [-0.3, -0.25) is 0 Å². The number of halogens is 6. The summed E-state index contributed by atoms with van der Waals surface area (Å²) in [6.07, 6.45) is -7.90. The number of hydrogen-bond donors (Lipinski definition) is 1. The summed E-state index contributed by atoms with van der Waals surface area (Å²) in [5.74, 6) is 4.70. The molecular weight excluding hydrogens is 312 g/mol. The van der Waals surface area contributed by atoms with Gasteiger partial charge in [0.05, 0.1) is 17.2 Å². The fourth-order valence-electron chi connectivity index (χ4n) is 2.75. The van der Waals surface area contributed by atoms with Crippen LogP contribution in [-0.2, 0) is 17.2 Å². The molecule has 1 aromatic rings. The fourth-order valence-corrected chi connectivity index (χ4v) is 2.75. The molecule has 0 heterocycles. The maximum Gasteiger partial charge on any atom is 0.416 e. The van der Waals surface area contributed by atoms with Gasteiger partial charge < -0.3 is 4.84 Å². The van der Waals surface area contributed by atoms with Crippen LogP contribution in [0.2, 0.25) is 0 Å². The van der Waals surface area contributed by atoms with Crippen LogP contribution in [0.3, 0.4) is 0 Å². The van der Waals surface area contributed by atoms with Crippen molar-refractivity contribution < 1.29 is 31.2 Å². The predicted octanol–water partition coefficient (Wildman–Crippen LogP) is 4.64. The molecule has 0 saturated heterocycles. The minimum absolute atomic E-state index is 0.0672. The summed E-state index contributed by atoms with van der Waals surface area (Å²) < 4.78 is 76.9. The summed E-state index contributed by atoms with van der Waals surface area (Å²) in [4.78, 5) is 4.67. The molecule has 2 nitrogen and oxygen atoms in total. The van der Waals surface area contributed by atoms with Crippen molar-refractivity contribution in [1.29, 1.82) is 0 Å². The van der Waals surface area contributed by atoms with E-state index in [0.717, 1.165) is 12.1 Å². The molecule has 0 aliphatic heterocycles. The maximum absolute atomic E-state index is 12.8. The molecule has 0 unspecified atom stereocenters. The first-order valence-electron chi connectivity index (χ1n) is 6.76. The first-order chi connectivity index (χ1) is 10.1. The Morgan fingerprint density at radius 3 is 1.64 bits per heavy atom. The average molecular weight is 327 g/mol. The minimum atomic E-state index is -4.81. The van der Waals surface area contributed by atoms with Gasteiger partial charge in [0.15, 0.2) is 0 Å². The van der Waals surface area contributed by atoms with E-state index in [9.17, 15) is 26.3 Å². The lowest BCUT2D eigenvalue weighted by Gasteiger charge is -2.28. The molecule has 0 amide bonds. The Hall–Kier alpha value is -1.28. The lowest BCUT2D eigenvalue weighted by molar-refractivity contribution is -0.143. The van der Waals surface area contributed by atoms with Crippen molar-refractivity contribution >= 4 is 0 Å². The van der Waals surface area contributed by atoms with Crippen molar-refractivity contribution in [2.45, 2.75) is 50.1 Å². The molecule has 1 saturated carbocycles. The van der Waals surface area contributed by atoms with Gasteiger partial charge in [-0.25, -0.2) is 5.90 Å². The molecule has 0 radical (unpaired) electrons. The van der Waals surface area contributed by atoms with Crippen LogP contribution < -0.4 is 5.90 Å². The summed E-state index contributed by atoms with van der Waals surface area (Å²) in [5, 5.41) is 0. The normalized spacial score (nSPS) is 23.6. The van der Waals surface area contributed by atoms with Gasteiger partial charge >= 0.3 is 12.4 Å². The molecule has 8 heteroatoms. The van der Waals surface area contributed by atoms with Gasteiger partial charge in [-0.2, -0.15) is 26.3 Å². The van der Waals surface area contributed by atoms with Gasteiger partial charge in [-0.1, -0.05) is 0 Å². The van der Waals surface area contributed by atoms with Crippen LogP contribution in [0.1, 0.15) is 48.3 Å². The van der Waals surface area contributed by atoms with E-state index >= 15 is 0 Å². The lowest BCUT2D eigenvalue weighted by atomic mass is 9.81. The molecule has 0 atom stereocenters. The fraction of sp³-hybridized carbons (Fsp3) is 0.571. The van der Waals surface area contributed by atoms with Crippen molar-refractivity contribution in [3.63, 3.8) is 0 Å². The summed E-state index contributed by atoms with van der Waals surface area (Å²) in [6.45, 7) is 0. The van der Waals surface area contributed by atoms with Gasteiger partial charge in [-0.05, 0) is 55.4 Å². The van der Waals surface area contributed by atoms with E-state index in [2.05, 4.69) is 4.84 Å². The third kappa shape index (κ3) is 3.92. The molecule has 1 aliphatic rings. The summed E-state index contributed by atoms with van der Waals surface area (Å²) in [7, 11) is 0. The van der Waals surface area contributed by atoms with Crippen LogP contribution in [0.5, 0.6) is 0 Å². The number of alkyl halides is 6. The van der Waals surface area contributed by atoms with Gasteiger partial charge in [0.1, 0.15) is 0 Å². The Labute approximate surface area is 123 Å². The van der Waals surface area contributed by atoms with E-state index in [4.69, 9.17) is 5.90 Å². The highest BCUT2D eigenvalue weighted by molar-refractivity contribution is 5.35. The lowest BCUT2D eigenvalue weighted by Crippen LogP contribution is -2.24. The van der Waals surface area contributed by atoms with E-state index in [-0.39, 0.29) is 23.7 Å². The molecular formula is C14H15F6NO. The van der Waals surface area contributed by atoms with E-state index in [1.54, 1.807) is 0 Å². The van der Waals surface area contributed by atoms with Gasteiger partial charge in [0.2, 0.25) is 0 Å². The zero-order valence-electron chi connectivity index (χ0n) is 11.5. The second-order valence-electron chi connectivity index (χ2n) is 5.45. The first kappa shape index (κ1) is 17.1. The monoisotopic (exact) mass is 327 g/mol. The molecule has 124 valence electrons. The van der Waals surface area contributed by atoms with Gasteiger partial charge in [0, 0.05) is 0 Å². The van der Waals surface area contributed by atoms with Gasteiger partial charge in [-0.15, -0.1) is 0 Å². The molecule has 1 aromatic carbocycles. The Bertz CT molecular complexity index is 485. The zero-order valence-corrected chi connectivity index (χ0v) is 11.5. The van der Waals surface area contributed by atoms with Crippen LogP contribution in [0.25, 0.3) is 0 Å². The smallest absolute Gasteiger partial charge is 0.301 e. The number of nitrogens with two attached hydrogens (primary N) is 1. The van der Waals surface area contributed by atoms with Crippen molar-refractivity contribution in [3.8, 4) is 0 Å². The predicted molar refractivity (Wildman–Crippen MR) is 66.7 cm³/mol. The summed E-state index contributed by atoms with van der Waals surface area (Å²) >= 11 is 0. The minimum Gasteiger partial charge on any atom is -0.301 e. The first-order valence-corrected chi connectivity index (χ1v) is 6.76. The number of rotatable bonds is 2. The summed E-state index contributed by atoms with van der Waals surface area (Å²) in [5.41, 5.74) is -2.47. The quantitative estimate of drug-likeness (QED) is 0.634. The van der Waals surface area contributed by atoms with Crippen LogP contribution >= 0.6 is 0 Å². The highest BCUT2D eigenvalue weighted by Crippen LogP contribution is 2.40. The molecule has 0 aromatic heterocycles. The van der Waals surface area contributed by atoms with Crippen LogP contribution in [0.15, 0.2) is 18.2 Å². The highest BCUT2D eigenvalue weighted by Gasteiger charge is 2.37. The Balaban J connectivity index is 2.35. The van der Waals surface area contributed by atoms with Crippen molar-refractivity contribution in [1.82, 2.24) is 0 Å². The Morgan fingerprint density at radius 2 is 1.27 bits per heavy atom. The van der Waals surface area contributed by atoms with E-state index in [0.29, 0.717) is 25.7 Å². The van der Waals surface area contributed by atoms with Crippen molar-refractivity contribution in [2.75, 3.05) is 0 Å². The van der Waals surface area contributed by atoms with Crippen LogP contribution in [0.4, 0.5) is 26.3 Å². The molecule has 2 N–H and O–H groups in total. The standard InChI is InChI=1S/C14H15F6NO/c15-13(16,17)10-5-9(6-11(7-10)14(18,19)20)8-1-3-12(22-21)4-2-8/h5-8,12H,1-4,21H2. The number of benzene rings is 1. The van der Waals surface area contributed by atoms with Crippen LogP contribution in [0, 0.1) is 0 Å². The maximum atomic E-state index is 12.8. The molecule has 0 spiro atoms. The summed E-state index contributed by atoms with van der Waals surface area (Å²) in [6, 6.07) is 1.77. The molecule has 1 fully saturated rings. The largest absolute Gasteiger partial charge is 0.416 e. The Kier molecular flexibility index (Phi) is 4.72. The topological polar surface area (TPSA) is 35.2 Å². The van der Waals surface area contributed by atoms with E-state index in [1.807, 2.05) is 0 Å². The average Bonchev–Trinajstić information content (AvgIpc) is 2.45. The molecule has 0 bridgehead atoms. The number of hydrogen-bond acceptors (Lipinski definition) is 2. The van der Waals surface area contributed by atoms with Crippen molar-refractivity contribution in [3.05, 3.63) is 34.9 Å². The molecule has 1 aliphatic carbocycles.